The molecule has 0 atom stereocenters. The zero-order valence-corrected chi connectivity index (χ0v) is 14.1. The van der Waals surface area contributed by atoms with Gasteiger partial charge in [-0.2, -0.15) is 0 Å². The van der Waals surface area contributed by atoms with Gasteiger partial charge in [-0.1, -0.05) is 20.8 Å². The molecular weight excluding hydrogens is 278 g/mol. The summed E-state index contributed by atoms with van der Waals surface area (Å²) in [6, 6.07) is 1.84. The minimum atomic E-state index is 0.00291. The van der Waals surface area contributed by atoms with Crippen LogP contribution in [-0.4, -0.2) is 52.4 Å². The average Bonchev–Trinajstić information content (AvgIpc) is 2.70. The van der Waals surface area contributed by atoms with Crippen LogP contribution >= 0.6 is 0 Å². The van der Waals surface area contributed by atoms with Gasteiger partial charge < -0.3 is 14.4 Å². The zero-order chi connectivity index (χ0) is 16.3. The summed E-state index contributed by atoms with van der Waals surface area (Å²) in [5, 5.41) is 0. The van der Waals surface area contributed by atoms with Crippen LogP contribution in [0.1, 0.15) is 44.0 Å². The first-order chi connectivity index (χ1) is 10.3. The van der Waals surface area contributed by atoms with Crippen molar-refractivity contribution >= 4 is 11.8 Å². The van der Waals surface area contributed by atoms with Gasteiger partial charge in [-0.15, -0.1) is 0 Å². The third kappa shape index (κ3) is 4.36. The maximum atomic E-state index is 12.5. The molecule has 0 N–H and O–H groups in total. The molecule has 0 bridgehead atoms. The fourth-order valence-electron chi connectivity index (χ4n) is 2.75. The van der Waals surface area contributed by atoms with Gasteiger partial charge in [0.05, 0.1) is 5.56 Å². The lowest BCUT2D eigenvalue weighted by Crippen LogP contribution is -2.38. The second kappa shape index (κ2) is 6.55. The molecule has 1 aliphatic rings. The van der Waals surface area contributed by atoms with Gasteiger partial charge in [-0.3, -0.25) is 9.59 Å². The van der Waals surface area contributed by atoms with E-state index in [-0.39, 0.29) is 17.2 Å². The zero-order valence-electron chi connectivity index (χ0n) is 14.1. The molecule has 0 aromatic carbocycles. The van der Waals surface area contributed by atoms with Crippen LogP contribution in [-0.2, 0) is 11.8 Å². The van der Waals surface area contributed by atoms with Crippen LogP contribution in [0.5, 0.6) is 0 Å². The van der Waals surface area contributed by atoms with E-state index in [9.17, 15) is 9.59 Å². The number of amides is 2. The Hall–Kier alpha value is -1.78. The van der Waals surface area contributed by atoms with E-state index in [1.54, 1.807) is 0 Å². The summed E-state index contributed by atoms with van der Waals surface area (Å²) in [5.41, 5.74) is 0.722. The molecular formula is C17H27N3O2. The van der Waals surface area contributed by atoms with Crippen LogP contribution in [0.4, 0.5) is 0 Å². The number of hydrogen-bond acceptors (Lipinski definition) is 2. The molecule has 0 aliphatic carbocycles. The molecule has 2 heterocycles. The van der Waals surface area contributed by atoms with Crippen LogP contribution in [0.25, 0.3) is 0 Å². The molecule has 5 heteroatoms. The molecule has 1 fully saturated rings. The number of aryl methyl sites for hydroxylation is 1. The van der Waals surface area contributed by atoms with Gasteiger partial charge in [-0.25, -0.2) is 0 Å². The quantitative estimate of drug-likeness (QED) is 0.840. The Bertz CT molecular complexity index is 542. The van der Waals surface area contributed by atoms with E-state index in [1.807, 2.05) is 39.9 Å². The molecule has 1 aromatic heterocycles. The number of hydrogen-bond donors (Lipinski definition) is 0. The molecule has 2 amide bonds. The molecule has 122 valence electrons. The van der Waals surface area contributed by atoms with Crippen LogP contribution < -0.4 is 0 Å². The van der Waals surface area contributed by atoms with Crippen molar-refractivity contribution in [1.29, 1.82) is 0 Å². The molecule has 22 heavy (non-hydrogen) atoms. The maximum Gasteiger partial charge on any atom is 0.255 e. The predicted octanol–water partition coefficient (Wildman–Crippen LogP) is 2.14. The monoisotopic (exact) mass is 305 g/mol. The van der Waals surface area contributed by atoms with E-state index in [0.29, 0.717) is 26.1 Å². The Kier molecular flexibility index (Phi) is 4.94. The van der Waals surface area contributed by atoms with E-state index in [2.05, 4.69) is 20.8 Å². The first-order valence-electron chi connectivity index (χ1n) is 7.95. The first-order valence-corrected chi connectivity index (χ1v) is 7.95. The SMILES string of the molecule is Cn1ccc(C(=O)N2CCCN(C(=O)CC(C)(C)C)CC2)c1. The third-order valence-corrected chi connectivity index (χ3v) is 3.90. The number of carbonyl (C=O) groups excluding carboxylic acids is 2. The summed E-state index contributed by atoms with van der Waals surface area (Å²) in [4.78, 5) is 28.6. The Morgan fingerprint density at radius 1 is 1.09 bits per heavy atom. The second-order valence-corrected chi connectivity index (χ2v) is 7.33. The molecule has 2 rings (SSSR count). The fourth-order valence-corrected chi connectivity index (χ4v) is 2.75. The van der Waals surface area contributed by atoms with Crippen molar-refractivity contribution < 1.29 is 9.59 Å². The van der Waals surface area contributed by atoms with Crippen molar-refractivity contribution in [3.63, 3.8) is 0 Å². The standard InChI is InChI=1S/C17H27N3O2/c1-17(2,3)12-15(21)19-7-5-8-20(11-10-19)16(22)14-6-9-18(4)13-14/h6,9,13H,5,7-8,10-12H2,1-4H3. The van der Waals surface area contributed by atoms with Gasteiger partial charge in [0, 0.05) is 52.0 Å². The smallest absolute Gasteiger partial charge is 0.255 e. The molecule has 0 spiro atoms. The molecule has 1 saturated heterocycles. The molecule has 0 saturated carbocycles. The minimum Gasteiger partial charge on any atom is -0.356 e. The highest BCUT2D eigenvalue weighted by atomic mass is 16.2. The average molecular weight is 305 g/mol. The number of nitrogens with zero attached hydrogens (tertiary/aromatic N) is 3. The number of aromatic nitrogens is 1. The first kappa shape index (κ1) is 16.6. The largest absolute Gasteiger partial charge is 0.356 e. The Balaban J connectivity index is 1.95. The number of rotatable bonds is 2. The second-order valence-electron chi connectivity index (χ2n) is 7.33. The summed E-state index contributed by atoms with van der Waals surface area (Å²) in [6.45, 7) is 8.94. The lowest BCUT2D eigenvalue weighted by molar-refractivity contribution is -0.132. The van der Waals surface area contributed by atoms with Crippen molar-refractivity contribution in [1.82, 2.24) is 14.4 Å². The minimum absolute atomic E-state index is 0.00291. The van der Waals surface area contributed by atoms with Crippen molar-refractivity contribution in [2.24, 2.45) is 12.5 Å². The van der Waals surface area contributed by atoms with E-state index >= 15 is 0 Å². The Labute approximate surface area is 132 Å². The Morgan fingerprint density at radius 2 is 1.73 bits per heavy atom. The van der Waals surface area contributed by atoms with Crippen LogP contribution in [0.3, 0.4) is 0 Å². The molecule has 0 radical (unpaired) electrons. The van der Waals surface area contributed by atoms with Crippen LogP contribution in [0.15, 0.2) is 18.5 Å². The summed E-state index contributed by atoms with van der Waals surface area (Å²) in [6.07, 6.45) is 5.12. The van der Waals surface area contributed by atoms with Gasteiger partial charge in [0.1, 0.15) is 0 Å². The molecule has 1 aromatic rings. The van der Waals surface area contributed by atoms with Crippen LogP contribution in [0, 0.1) is 5.41 Å². The van der Waals surface area contributed by atoms with E-state index < -0.39 is 0 Å². The lowest BCUT2D eigenvalue weighted by Gasteiger charge is -2.25. The molecule has 0 unspecified atom stereocenters. The highest BCUT2D eigenvalue weighted by molar-refractivity contribution is 5.94. The lowest BCUT2D eigenvalue weighted by atomic mass is 9.91. The van der Waals surface area contributed by atoms with Crippen molar-refractivity contribution in [2.75, 3.05) is 26.2 Å². The van der Waals surface area contributed by atoms with Gasteiger partial charge in [0.25, 0.3) is 5.91 Å². The van der Waals surface area contributed by atoms with Gasteiger partial charge in [0.2, 0.25) is 5.91 Å². The highest BCUT2D eigenvalue weighted by Gasteiger charge is 2.25. The van der Waals surface area contributed by atoms with Gasteiger partial charge in [0.15, 0.2) is 0 Å². The Morgan fingerprint density at radius 3 is 2.32 bits per heavy atom. The van der Waals surface area contributed by atoms with Crippen molar-refractivity contribution in [3.05, 3.63) is 24.0 Å². The third-order valence-electron chi connectivity index (χ3n) is 3.90. The molecule has 5 nitrogen and oxygen atoms in total. The highest BCUT2D eigenvalue weighted by Crippen LogP contribution is 2.20. The fraction of sp³-hybridized carbons (Fsp3) is 0.647. The van der Waals surface area contributed by atoms with E-state index in [0.717, 1.165) is 18.5 Å². The predicted molar refractivity (Wildman–Crippen MR) is 86.6 cm³/mol. The van der Waals surface area contributed by atoms with Gasteiger partial charge in [-0.05, 0) is 17.9 Å². The van der Waals surface area contributed by atoms with Crippen molar-refractivity contribution in [2.45, 2.75) is 33.6 Å². The summed E-state index contributed by atoms with van der Waals surface area (Å²) < 4.78 is 1.88. The van der Waals surface area contributed by atoms with Gasteiger partial charge >= 0.3 is 0 Å². The van der Waals surface area contributed by atoms with E-state index in [1.165, 1.54) is 0 Å². The maximum absolute atomic E-state index is 12.5. The topological polar surface area (TPSA) is 45.6 Å². The summed E-state index contributed by atoms with van der Waals surface area (Å²) in [7, 11) is 1.91. The van der Waals surface area contributed by atoms with E-state index in [4.69, 9.17) is 0 Å². The van der Waals surface area contributed by atoms with Crippen molar-refractivity contribution in [3.8, 4) is 0 Å². The summed E-state index contributed by atoms with van der Waals surface area (Å²) >= 11 is 0. The molecule has 1 aliphatic heterocycles. The summed E-state index contributed by atoms with van der Waals surface area (Å²) in [5.74, 6) is 0.257. The normalized spacial score (nSPS) is 16.5. The van der Waals surface area contributed by atoms with Crippen LogP contribution in [0.2, 0.25) is 0 Å². The number of carbonyl (C=O) groups is 2.